The number of nitrogens with two attached hydrogens (primary N) is 1. The summed E-state index contributed by atoms with van der Waals surface area (Å²) in [4.78, 5) is 2.39. The van der Waals surface area contributed by atoms with Gasteiger partial charge in [0.05, 0.1) is 6.10 Å². The van der Waals surface area contributed by atoms with Gasteiger partial charge in [0.1, 0.15) is 0 Å². The van der Waals surface area contributed by atoms with E-state index in [2.05, 4.69) is 11.8 Å². The highest BCUT2D eigenvalue weighted by Gasteiger charge is 2.24. The van der Waals surface area contributed by atoms with Crippen LogP contribution in [-0.2, 0) is 14.2 Å². The third-order valence-corrected chi connectivity index (χ3v) is 3.26. The predicted octanol–water partition coefficient (Wildman–Crippen LogP) is 0.434. The van der Waals surface area contributed by atoms with Crippen LogP contribution in [0.15, 0.2) is 0 Å². The second-order valence-electron chi connectivity index (χ2n) is 4.56. The van der Waals surface area contributed by atoms with Gasteiger partial charge in [-0.15, -0.1) is 0 Å². The fraction of sp³-hybridized carbons (Fsp3) is 1.00. The van der Waals surface area contributed by atoms with Gasteiger partial charge in [-0.1, -0.05) is 0 Å². The van der Waals surface area contributed by atoms with Gasteiger partial charge in [0.25, 0.3) is 0 Å². The molecule has 0 aromatic heterocycles. The molecule has 2 atom stereocenters. The standard InChI is InChI=1S/C12H26N2O3/c1-10-9-14(5-4-6-17-10)11(8-13)7-12(15-2)16-3/h10-12H,4-9,13H2,1-3H3. The van der Waals surface area contributed by atoms with E-state index in [1.165, 1.54) is 0 Å². The molecule has 5 heteroatoms. The van der Waals surface area contributed by atoms with Crippen LogP contribution in [0.4, 0.5) is 0 Å². The van der Waals surface area contributed by atoms with Gasteiger partial charge in [-0.3, -0.25) is 4.90 Å². The largest absolute Gasteiger partial charge is 0.377 e. The van der Waals surface area contributed by atoms with Gasteiger partial charge in [-0.2, -0.15) is 0 Å². The molecule has 0 amide bonds. The molecule has 0 aliphatic carbocycles. The van der Waals surface area contributed by atoms with Crippen LogP contribution in [-0.4, -0.2) is 63.8 Å². The van der Waals surface area contributed by atoms with E-state index in [0.717, 1.165) is 32.5 Å². The van der Waals surface area contributed by atoms with E-state index in [0.29, 0.717) is 12.6 Å². The Morgan fingerprint density at radius 2 is 2.12 bits per heavy atom. The molecular weight excluding hydrogens is 220 g/mol. The van der Waals surface area contributed by atoms with E-state index >= 15 is 0 Å². The van der Waals surface area contributed by atoms with Crippen molar-refractivity contribution in [3.63, 3.8) is 0 Å². The lowest BCUT2D eigenvalue weighted by molar-refractivity contribution is -0.117. The van der Waals surface area contributed by atoms with Gasteiger partial charge in [0, 0.05) is 52.9 Å². The van der Waals surface area contributed by atoms with Crippen molar-refractivity contribution in [1.29, 1.82) is 0 Å². The lowest BCUT2D eigenvalue weighted by Crippen LogP contribution is -2.45. The molecule has 0 bridgehead atoms. The summed E-state index contributed by atoms with van der Waals surface area (Å²) < 4.78 is 16.1. The van der Waals surface area contributed by atoms with Crippen molar-refractivity contribution in [2.75, 3.05) is 40.5 Å². The van der Waals surface area contributed by atoms with Crippen molar-refractivity contribution in [2.24, 2.45) is 5.73 Å². The highest BCUT2D eigenvalue weighted by atomic mass is 16.7. The van der Waals surface area contributed by atoms with Crippen molar-refractivity contribution < 1.29 is 14.2 Å². The van der Waals surface area contributed by atoms with Crippen LogP contribution in [0.3, 0.4) is 0 Å². The van der Waals surface area contributed by atoms with Crippen LogP contribution in [0.2, 0.25) is 0 Å². The van der Waals surface area contributed by atoms with Gasteiger partial charge in [-0.25, -0.2) is 0 Å². The first-order chi connectivity index (χ1) is 8.21. The Balaban J connectivity index is 2.52. The smallest absolute Gasteiger partial charge is 0.158 e. The van der Waals surface area contributed by atoms with Crippen molar-refractivity contribution in [1.82, 2.24) is 4.90 Å². The minimum Gasteiger partial charge on any atom is -0.377 e. The zero-order chi connectivity index (χ0) is 12.7. The third kappa shape index (κ3) is 4.89. The molecule has 1 heterocycles. The molecule has 0 spiro atoms. The number of methoxy groups -OCH3 is 2. The van der Waals surface area contributed by atoms with Crippen LogP contribution >= 0.6 is 0 Å². The Bertz CT molecular complexity index is 200. The summed E-state index contributed by atoms with van der Waals surface area (Å²) in [5.74, 6) is 0. The van der Waals surface area contributed by atoms with Crippen LogP contribution in [0.25, 0.3) is 0 Å². The fourth-order valence-electron chi connectivity index (χ4n) is 2.26. The molecule has 17 heavy (non-hydrogen) atoms. The van der Waals surface area contributed by atoms with Crippen molar-refractivity contribution >= 4 is 0 Å². The normalized spacial score (nSPS) is 24.9. The SMILES string of the molecule is COC(CC(CN)N1CCCOC(C)C1)OC. The minimum absolute atomic E-state index is 0.178. The first-order valence-corrected chi connectivity index (χ1v) is 6.32. The van der Waals surface area contributed by atoms with Crippen molar-refractivity contribution in [3.05, 3.63) is 0 Å². The van der Waals surface area contributed by atoms with Crippen molar-refractivity contribution in [2.45, 2.75) is 38.2 Å². The predicted molar refractivity (Wildman–Crippen MR) is 66.9 cm³/mol. The molecule has 0 radical (unpaired) electrons. The molecule has 0 aromatic rings. The van der Waals surface area contributed by atoms with Gasteiger partial charge >= 0.3 is 0 Å². The highest BCUT2D eigenvalue weighted by molar-refractivity contribution is 4.77. The summed E-state index contributed by atoms with van der Waals surface area (Å²) in [6.07, 6.45) is 1.96. The van der Waals surface area contributed by atoms with E-state index in [-0.39, 0.29) is 12.4 Å². The average molecular weight is 246 g/mol. The first-order valence-electron chi connectivity index (χ1n) is 6.32. The molecule has 1 aliphatic heterocycles. The molecule has 2 unspecified atom stereocenters. The summed E-state index contributed by atoms with van der Waals surface area (Å²) in [5, 5.41) is 0. The quantitative estimate of drug-likeness (QED) is 0.689. The van der Waals surface area contributed by atoms with Crippen LogP contribution in [0, 0.1) is 0 Å². The number of rotatable bonds is 6. The monoisotopic (exact) mass is 246 g/mol. The summed E-state index contributed by atoms with van der Waals surface area (Å²) >= 11 is 0. The van der Waals surface area contributed by atoms with Gasteiger partial charge in [-0.05, 0) is 13.3 Å². The Labute approximate surface area is 104 Å². The third-order valence-electron chi connectivity index (χ3n) is 3.26. The second-order valence-corrected chi connectivity index (χ2v) is 4.56. The Morgan fingerprint density at radius 3 is 2.71 bits per heavy atom. The van der Waals surface area contributed by atoms with Gasteiger partial charge in [0.2, 0.25) is 0 Å². The zero-order valence-corrected chi connectivity index (χ0v) is 11.2. The Morgan fingerprint density at radius 1 is 1.41 bits per heavy atom. The topological polar surface area (TPSA) is 57.0 Å². The average Bonchev–Trinajstić information content (AvgIpc) is 2.56. The Hall–Kier alpha value is -0.200. The lowest BCUT2D eigenvalue weighted by atomic mass is 10.1. The van der Waals surface area contributed by atoms with E-state index in [1.54, 1.807) is 14.2 Å². The molecule has 1 rings (SSSR count). The van der Waals surface area contributed by atoms with Gasteiger partial charge < -0.3 is 19.9 Å². The summed E-state index contributed by atoms with van der Waals surface area (Å²) in [5.41, 5.74) is 5.86. The van der Waals surface area contributed by atoms with E-state index in [9.17, 15) is 0 Å². The van der Waals surface area contributed by atoms with Crippen molar-refractivity contribution in [3.8, 4) is 0 Å². The summed E-state index contributed by atoms with van der Waals surface area (Å²) in [6, 6.07) is 0.295. The first kappa shape index (κ1) is 14.9. The molecule has 0 aromatic carbocycles. The molecule has 1 fully saturated rings. The summed E-state index contributed by atoms with van der Waals surface area (Å²) in [6.45, 7) is 5.53. The molecule has 0 saturated carbocycles. The maximum Gasteiger partial charge on any atom is 0.158 e. The minimum atomic E-state index is -0.178. The molecule has 1 aliphatic rings. The van der Waals surface area contributed by atoms with Gasteiger partial charge in [0.15, 0.2) is 6.29 Å². The molecular formula is C12H26N2O3. The van der Waals surface area contributed by atoms with Crippen LogP contribution in [0.1, 0.15) is 19.8 Å². The number of hydrogen-bond donors (Lipinski definition) is 1. The Kier molecular flexibility index (Phi) is 6.99. The maximum absolute atomic E-state index is 5.86. The zero-order valence-electron chi connectivity index (χ0n) is 11.2. The van der Waals surface area contributed by atoms with E-state index in [1.807, 2.05) is 0 Å². The van der Waals surface area contributed by atoms with Crippen LogP contribution < -0.4 is 5.73 Å². The van der Waals surface area contributed by atoms with E-state index < -0.39 is 0 Å². The molecule has 5 nitrogen and oxygen atoms in total. The summed E-state index contributed by atoms with van der Waals surface area (Å²) in [7, 11) is 3.33. The molecule has 1 saturated heterocycles. The molecule has 102 valence electrons. The number of hydrogen-bond acceptors (Lipinski definition) is 5. The van der Waals surface area contributed by atoms with E-state index in [4.69, 9.17) is 19.9 Å². The second kappa shape index (κ2) is 8.00. The van der Waals surface area contributed by atoms with Crippen LogP contribution in [0.5, 0.6) is 0 Å². The fourth-order valence-corrected chi connectivity index (χ4v) is 2.26. The lowest BCUT2D eigenvalue weighted by Gasteiger charge is -2.32. The molecule has 2 N–H and O–H groups in total. The number of nitrogens with zero attached hydrogens (tertiary/aromatic N) is 1. The maximum atomic E-state index is 5.86. The highest BCUT2D eigenvalue weighted by Crippen LogP contribution is 2.14. The number of ether oxygens (including phenoxy) is 3.